The van der Waals surface area contributed by atoms with E-state index in [-0.39, 0.29) is 19.3 Å². The summed E-state index contributed by atoms with van der Waals surface area (Å²) < 4.78 is 4.66. The van der Waals surface area contributed by atoms with Crippen molar-refractivity contribution in [3.8, 4) is 0 Å². The van der Waals surface area contributed by atoms with Crippen molar-refractivity contribution in [2.24, 2.45) is 5.92 Å². The van der Waals surface area contributed by atoms with Gasteiger partial charge in [0.15, 0.2) is 0 Å². The zero-order valence-corrected chi connectivity index (χ0v) is 7.95. The summed E-state index contributed by atoms with van der Waals surface area (Å²) in [6, 6.07) is 0.179. The van der Waals surface area contributed by atoms with Crippen LogP contribution in [0.5, 0.6) is 0 Å². The van der Waals surface area contributed by atoms with E-state index in [0.29, 0.717) is 0 Å². The van der Waals surface area contributed by atoms with Crippen molar-refractivity contribution in [2.45, 2.75) is 32.2 Å². The van der Waals surface area contributed by atoms with Crippen molar-refractivity contribution >= 4 is 6.09 Å². The van der Waals surface area contributed by atoms with Gasteiger partial charge in [0, 0.05) is 6.04 Å². The average Bonchev–Trinajstić information content (AvgIpc) is 2.84. The van der Waals surface area contributed by atoms with E-state index in [1.807, 2.05) is 6.92 Å². The fourth-order valence-electron chi connectivity index (χ4n) is 1.29. The Morgan fingerprint density at radius 2 is 2.38 bits per heavy atom. The molecule has 1 rings (SSSR count). The number of aliphatic hydroxyl groups is 1. The molecule has 0 aromatic heterocycles. The largest absolute Gasteiger partial charge is 0.447 e. The minimum atomic E-state index is -0.429. The molecule has 1 amide bonds. The summed E-state index contributed by atoms with van der Waals surface area (Å²) >= 11 is 0. The monoisotopic (exact) mass is 187 g/mol. The summed E-state index contributed by atoms with van der Waals surface area (Å²) in [5.41, 5.74) is 0. The number of carbonyl (C=O) groups excluding carboxylic acids is 1. The molecule has 0 aromatic rings. The van der Waals surface area contributed by atoms with Gasteiger partial charge in [0.1, 0.15) is 6.61 Å². The van der Waals surface area contributed by atoms with Crippen LogP contribution in [-0.4, -0.2) is 30.5 Å². The molecule has 4 heteroatoms. The molecule has 1 aliphatic carbocycles. The molecule has 2 N–H and O–H groups in total. The minimum absolute atomic E-state index is 0.0714. The Balaban J connectivity index is 2.03. The first-order valence-electron chi connectivity index (χ1n) is 4.76. The van der Waals surface area contributed by atoms with Crippen molar-refractivity contribution in [1.82, 2.24) is 5.32 Å². The number of ether oxygens (including phenoxy) is 1. The summed E-state index contributed by atoms with van der Waals surface area (Å²) in [5.74, 6) is 0.799. The molecule has 0 spiro atoms. The lowest BCUT2D eigenvalue weighted by molar-refractivity contribution is 0.116. The number of amides is 1. The predicted octanol–water partition coefficient (Wildman–Crippen LogP) is 0.893. The lowest BCUT2D eigenvalue weighted by Gasteiger charge is -2.12. The Morgan fingerprint density at radius 3 is 2.92 bits per heavy atom. The third kappa shape index (κ3) is 4.72. The van der Waals surface area contributed by atoms with Crippen LogP contribution in [0.3, 0.4) is 0 Å². The van der Waals surface area contributed by atoms with Gasteiger partial charge in [-0.15, -0.1) is 0 Å². The molecule has 0 radical (unpaired) electrons. The number of rotatable bonds is 5. The molecule has 76 valence electrons. The summed E-state index contributed by atoms with van der Waals surface area (Å²) in [6.07, 6.45) is 3.19. The standard InChI is InChI=1S/C9H17NO3/c1-7(6-8-2-3-8)10-9(12)13-5-4-11/h7-8,11H,2-6H2,1H3,(H,10,12). The highest BCUT2D eigenvalue weighted by Crippen LogP contribution is 2.33. The molecule has 1 saturated carbocycles. The molecule has 0 bridgehead atoms. The van der Waals surface area contributed by atoms with Crippen LogP contribution in [0.4, 0.5) is 4.79 Å². The minimum Gasteiger partial charge on any atom is -0.447 e. The Bertz CT molecular complexity index is 168. The Hall–Kier alpha value is -0.770. The van der Waals surface area contributed by atoms with Crippen LogP contribution in [0, 0.1) is 5.92 Å². The predicted molar refractivity (Wildman–Crippen MR) is 48.4 cm³/mol. The van der Waals surface area contributed by atoms with Gasteiger partial charge in [-0.05, 0) is 19.3 Å². The topological polar surface area (TPSA) is 58.6 Å². The van der Waals surface area contributed by atoms with Crippen LogP contribution < -0.4 is 5.32 Å². The SMILES string of the molecule is CC(CC1CC1)NC(=O)OCCO. The summed E-state index contributed by atoms with van der Waals surface area (Å²) in [4.78, 5) is 11.0. The highest BCUT2D eigenvalue weighted by atomic mass is 16.6. The van der Waals surface area contributed by atoms with Gasteiger partial charge < -0.3 is 15.2 Å². The summed E-state index contributed by atoms with van der Waals surface area (Å²) in [5, 5.41) is 11.1. The molecule has 0 aromatic carbocycles. The first kappa shape index (κ1) is 10.3. The Labute approximate surface area is 78.3 Å². The maximum Gasteiger partial charge on any atom is 0.407 e. The molecule has 0 heterocycles. The molecule has 13 heavy (non-hydrogen) atoms. The highest BCUT2D eigenvalue weighted by Gasteiger charge is 2.24. The third-order valence-corrected chi connectivity index (χ3v) is 2.07. The summed E-state index contributed by atoms with van der Waals surface area (Å²) in [7, 11) is 0. The fraction of sp³-hybridized carbons (Fsp3) is 0.889. The van der Waals surface area contributed by atoms with Gasteiger partial charge in [0.2, 0.25) is 0 Å². The van der Waals surface area contributed by atoms with E-state index in [0.717, 1.165) is 12.3 Å². The molecule has 1 fully saturated rings. The van der Waals surface area contributed by atoms with Crippen LogP contribution in [0.25, 0.3) is 0 Å². The lowest BCUT2D eigenvalue weighted by Crippen LogP contribution is -2.33. The first-order valence-corrected chi connectivity index (χ1v) is 4.76. The summed E-state index contributed by atoms with van der Waals surface area (Å²) in [6.45, 7) is 1.92. The van der Waals surface area contributed by atoms with E-state index in [1.54, 1.807) is 0 Å². The highest BCUT2D eigenvalue weighted by molar-refractivity contribution is 5.67. The van der Waals surface area contributed by atoms with Gasteiger partial charge in [-0.3, -0.25) is 0 Å². The normalized spacial score (nSPS) is 18.0. The van der Waals surface area contributed by atoms with E-state index in [9.17, 15) is 4.79 Å². The zero-order chi connectivity index (χ0) is 9.68. The van der Waals surface area contributed by atoms with E-state index in [1.165, 1.54) is 12.8 Å². The molecular weight excluding hydrogens is 170 g/mol. The van der Waals surface area contributed by atoms with Gasteiger partial charge in [-0.2, -0.15) is 0 Å². The van der Waals surface area contributed by atoms with Crippen molar-refractivity contribution in [1.29, 1.82) is 0 Å². The van der Waals surface area contributed by atoms with E-state index in [2.05, 4.69) is 10.1 Å². The molecule has 1 atom stereocenters. The molecule has 1 unspecified atom stereocenters. The van der Waals surface area contributed by atoms with Crippen molar-refractivity contribution < 1.29 is 14.6 Å². The van der Waals surface area contributed by atoms with E-state index >= 15 is 0 Å². The number of hydrogen-bond acceptors (Lipinski definition) is 3. The van der Waals surface area contributed by atoms with Crippen LogP contribution >= 0.6 is 0 Å². The quantitative estimate of drug-likeness (QED) is 0.672. The Morgan fingerprint density at radius 1 is 1.69 bits per heavy atom. The maximum atomic E-state index is 11.0. The maximum absolute atomic E-state index is 11.0. The average molecular weight is 187 g/mol. The molecule has 0 aliphatic heterocycles. The lowest BCUT2D eigenvalue weighted by atomic mass is 10.2. The molecular formula is C9H17NO3. The second-order valence-corrected chi connectivity index (χ2v) is 3.58. The smallest absolute Gasteiger partial charge is 0.407 e. The van der Waals surface area contributed by atoms with Gasteiger partial charge in [-0.1, -0.05) is 12.8 Å². The molecule has 0 saturated heterocycles. The number of carbonyl (C=O) groups is 1. The van der Waals surface area contributed by atoms with Gasteiger partial charge >= 0.3 is 6.09 Å². The van der Waals surface area contributed by atoms with Crippen LogP contribution in [0.1, 0.15) is 26.2 Å². The second kappa shape index (κ2) is 5.07. The van der Waals surface area contributed by atoms with Crippen molar-refractivity contribution in [3.63, 3.8) is 0 Å². The fourth-order valence-corrected chi connectivity index (χ4v) is 1.29. The number of alkyl carbamates (subject to hydrolysis) is 1. The Kier molecular flexibility index (Phi) is 4.02. The van der Waals surface area contributed by atoms with Crippen LogP contribution in [0.15, 0.2) is 0 Å². The molecule has 1 aliphatic rings. The van der Waals surface area contributed by atoms with E-state index < -0.39 is 6.09 Å². The van der Waals surface area contributed by atoms with Gasteiger partial charge in [0.25, 0.3) is 0 Å². The second-order valence-electron chi connectivity index (χ2n) is 3.58. The first-order chi connectivity index (χ1) is 6.22. The zero-order valence-electron chi connectivity index (χ0n) is 7.95. The van der Waals surface area contributed by atoms with Crippen LogP contribution in [0.2, 0.25) is 0 Å². The number of hydrogen-bond donors (Lipinski definition) is 2. The van der Waals surface area contributed by atoms with Gasteiger partial charge in [0.05, 0.1) is 6.61 Å². The van der Waals surface area contributed by atoms with Crippen molar-refractivity contribution in [2.75, 3.05) is 13.2 Å². The van der Waals surface area contributed by atoms with Gasteiger partial charge in [-0.25, -0.2) is 4.79 Å². The number of aliphatic hydroxyl groups excluding tert-OH is 1. The third-order valence-electron chi connectivity index (χ3n) is 2.07. The number of nitrogens with one attached hydrogen (secondary N) is 1. The van der Waals surface area contributed by atoms with E-state index in [4.69, 9.17) is 5.11 Å². The molecule has 4 nitrogen and oxygen atoms in total. The van der Waals surface area contributed by atoms with Crippen LogP contribution in [-0.2, 0) is 4.74 Å². The van der Waals surface area contributed by atoms with Crippen molar-refractivity contribution in [3.05, 3.63) is 0 Å².